The van der Waals surface area contributed by atoms with E-state index in [9.17, 15) is 9.36 Å². The number of hydrogen-bond acceptors (Lipinski definition) is 4. The van der Waals surface area contributed by atoms with Crippen LogP contribution in [0, 0.1) is 0 Å². The number of phosphoric ester groups is 1. The molecule has 0 saturated heterocycles. The van der Waals surface area contributed by atoms with Crippen molar-refractivity contribution in [2.75, 3.05) is 6.61 Å². The fraction of sp³-hybridized carbons (Fsp3) is 0.800. The van der Waals surface area contributed by atoms with Crippen LogP contribution < -0.4 is 0 Å². The predicted molar refractivity (Wildman–Crippen MR) is 85.3 cm³/mol. The average molecular weight is 336 g/mol. The molecule has 0 aliphatic carbocycles. The van der Waals surface area contributed by atoms with Gasteiger partial charge in [-0.05, 0) is 25.7 Å². The zero-order chi connectivity index (χ0) is 17.1. The molecule has 0 heterocycles. The fourth-order valence-electron chi connectivity index (χ4n) is 2.25. The summed E-state index contributed by atoms with van der Waals surface area (Å²) in [7, 11) is -4.61. The second kappa shape index (κ2) is 10.9. The Morgan fingerprint density at radius 2 is 1.64 bits per heavy atom. The Morgan fingerprint density at radius 3 is 2.00 bits per heavy atom. The number of ether oxygens (including phenoxy) is 1. The maximum atomic E-state index is 11.6. The summed E-state index contributed by atoms with van der Waals surface area (Å²) in [6.45, 7) is 7.19. The Balaban J connectivity index is 5.03. The van der Waals surface area contributed by atoms with Gasteiger partial charge in [0.15, 0.2) is 0 Å². The molecule has 0 rings (SSSR count). The van der Waals surface area contributed by atoms with Crippen LogP contribution in [0.1, 0.15) is 65.2 Å². The van der Waals surface area contributed by atoms with E-state index in [2.05, 4.69) is 25.0 Å². The highest BCUT2D eigenvalue weighted by molar-refractivity contribution is 7.46. The summed E-state index contributed by atoms with van der Waals surface area (Å²) in [4.78, 5) is 29.5. The van der Waals surface area contributed by atoms with Crippen molar-refractivity contribution in [2.45, 2.75) is 70.8 Å². The number of unbranched alkanes of at least 4 members (excludes halogenated alkanes) is 4. The van der Waals surface area contributed by atoms with E-state index in [0.29, 0.717) is 12.8 Å². The molecule has 0 amide bonds. The van der Waals surface area contributed by atoms with Crippen molar-refractivity contribution >= 4 is 13.8 Å². The smallest absolute Gasteiger partial charge is 0.453 e. The van der Waals surface area contributed by atoms with Gasteiger partial charge in [0.25, 0.3) is 0 Å². The zero-order valence-electron chi connectivity index (χ0n) is 13.6. The molecule has 2 N–H and O–H groups in total. The van der Waals surface area contributed by atoms with Crippen molar-refractivity contribution in [1.29, 1.82) is 0 Å². The van der Waals surface area contributed by atoms with Crippen molar-refractivity contribution in [2.24, 2.45) is 0 Å². The van der Waals surface area contributed by atoms with Crippen molar-refractivity contribution in [3.63, 3.8) is 0 Å². The molecule has 0 fully saturated rings. The Labute approximate surface area is 133 Å². The van der Waals surface area contributed by atoms with Crippen molar-refractivity contribution in [3.8, 4) is 0 Å². The zero-order valence-corrected chi connectivity index (χ0v) is 14.5. The molecular formula is C15H29O6P. The Morgan fingerprint density at radius 1 is 1.14 bits per heavy atom. The molecule has 0 aromatic carbocycles. The molecule has 22 heavy (non-hydrogen) atoms. The highest BCUT2D eigenvalue weighted by Crippen LogP contribution is 2.39. The third kappa shape index (κ3) is 10.1. The summed E-state index contributed by atoms with van der Waals surface area (Å²) in [5.41, 5.74) is -1.00. The topological polar surface area (TPSA) is 93.1 Å². The highest BCUT2D eigenvalue weighted by atomic mass is 31.2. The van der Waals surface area contributed by atoms with E-state index in [0.717, 1.165) is 44.6 Å². The normalized spacial score (nSPS) is 12.2. The van der Waals surface area contributed by atoms with Crippen molar-refractivity contribution in [3.05, 3.63) is 12.7 Å². The van der Waals surface area contributed by atoms with Gasteiger partial charge in [-0.1, -0.05) is 46.1 Å². The maximum absolute atomic E-state index is 11.6. The van der Waals surface area contributed by atoms with Gasteiger partial charge in [-0.15, -0.1) is 0 Å². The van der Waals surface area contributed by atoms with Gasteiger partial charge < -0.3 is 14.5 Å². The molecule has 7 heteroatoms. The van der Waals surface area contributed by atoms with E-state index >= 15 is 0 Å². The van der Waals surface area contributed by atoms with Crippen LogP contribution in [0.4, 0.5) is 0 Å². The molecule has 130 valence electrons. The summed E-state index contributed by atoms with van der Waals surface area (Å²) >= 11 is 0. The maximum Gasteiger partial charge on any atom is 0.469 e. The van der Waals surface area contributed by atoms with Crippen molar-refractivity contribution < 1.29 is 28.4 Å². The largest absolute Gasteiger partial charge is 0.469 e. The van der Waals surface area contributed by atoms with Gasteiger partial charge in [0.05, 0.1) is 6.61 Å². The molecule has 0 unspecified atom stereocenters. The third-order valence-corrected chi connectivity index (χ3v) is 3.92. The lowest BCUT2D eigenvalue weighted by atomic mass is 9.90. The lowest BCUT2D eigenvalue weighted by molar-refractivity contribution is -0.160. The SMILES string of the molecule is C=CC(=O)OC(CCCCC)(CCCCC)COP(=O)(O)O. The molecular weight excluding hydrogens is 307 g/mol. The molecule has 0 radical (unpaired) electrons. The standard InChI is InChI=1S/C15H29O6P/c1-4-7-9-11-15(12-10-8-5-2,21-14(16)6-3)13-20-22(17,18)19/h6H,3-5,7-13H2,1-2H3,(H2,17,18,19). The first-order chi connectivity index (χ1) is 10.3. The number of carbonyl (C=O) groups is 1. The Hall–Kier alpha value is -0.680. The minimum absolute atomic E-state index is 0.301. The van der Waals surface area contributed by atoms with Crippen LogP contribution in [0.15, 0.2) is 12.7 Å². The van der Waals surface area contributed by atoms with Crippen LogP contribution in [0.25, 0.3) is 0 Å². The first-order valence-electron chi connectivity index (χ1n) is 7.84. The van der Waals surface area contributed by atoms with Crippen LogP contribution in [0.2, 0.25) is 0 Å². The molecule has 0 atom stereocenters. The van der Waals surface area contributed by atoms with Crippen LogP contribution >= 0.6 is 7.82 Å². The molecule has 0 aromatic heterocycles. The monoisotopic (exact) mass is 336 g/mol. The second-order valence-corrected chi connectivity index (χ2v) is 6.73. The summed E-state index contributed by atoms with van der Waals surface area (Å²) in [6, 6.07) is 0. The highest BCUT2D eigenvalue weighted by Gasteiger charge is 2.36. The summed E-state index contributed by atoms with van der Waals surface area (Å²) < 4.78 is 21.1. The van der Waals surface area contributed by atoms with E-state index in [1.165, 1.54) is 0 Å². The van der Waals surface area contributed by atoms with Crippen LogP contribution in [-0.4, -0.2) is 28.0 Å². The van der Waals surface area contributed by atoms with Gasteiger partial charge in [-0.25, -0.2) is 9.36 Å². The molecule has 6 nitrogen and oxygen atoms in total. The predicted octanol–water partition coefficient (Wildman–Crippen LogP) is 3.72. The van der Waals surface area contributed by atoms with E-state index in [1.807, 2.05) is 0 Å². The minimum atomic E-state index is -4.61. The summed E-state index contributed by atoms with van der Waals surface area (Å²) in [5.74, 6) is -0.595. The van der Waals surface area contributed by atoms with E-state index < -0.39 is 19.4 Å². The van der Waals surface area contributed by atoms with Gasteiger partial charge in [0.2, 0.25) is 0 Å². The van der Waals surface area contributed by atoms with Crippen LogP contribution in [-0.2, 0) is 18.6 Å². The quantitative estimate of drug-likeness (QED) is 0.230. The van der Waals surface area contributed by atoms with E-state index in [1.54, 1.807) is 0 Å². The molecule has 0 spiro atoms. The molecule has 0 aromatic rings. The Bertz CT molecular complexity index is 366. The lowest BCUT2D eigenvalue weighted by Gasteiger charge is -2.33. The van der Waals surface area contributed by atoms with Crippen LogP contribution in [0.5, 0.6) is 0 Å². The number of hydrogen-bond donors (Lipinski definition) is 2. The molecule has 0 aliphatic heterocycles. The molecule has 0 aliphatic rings. The van der Waals surface area contributed by atoms with Crippen molar-refractivity contribution in [1.82, 2.24) is 0 Å². The van der Waals surface area contributed by atoms with E-state index in [-0.39, 0.29) is 6.61 Å². The average Bonchev–Trinajstić information content (AvgIpc) is 2.45. The second-order valence-electron chi connectivity index (χ2n) is 5.49. The molecule has 0 saturated carbocycles. The number of esters is 1. The minimum Gasteiger partial charge on any atom is -0.453 e. The molecule has 0 bridgehead atoms. The first-order valence-corrected chi connectivity index (χ1v) is 9.37. The van der Waals surface area contributed by atoms with Gasteiger partial charge in [-0.2, -0.15) is 0 Å². The Kier molecular flexibility index (Phi) is 10.6. The summed E-state index contributed by atoms with van der Waals surface area (Å²) in [6.07, 6.45) is 7.61. The lowest BCUT2D eigenvalue weighted by Crippen LogP contribution is -2.39. The van der Waals surface area contributed by atoms with Gasteiger partial charge >= 0.3 is 13.8 Å². The van der Waals surface area contributed by atoms with Crippen LogP contribution in [0.3, 0.4) is 0 Å². The van der Waals surface area contributed by atoms with Gasteiger partial charge in [0.1, 0.15) is 5.60 Å². The number of phosphoric acid groups is 1. The number of carbonyl (C=O) groups excluding carboxylic acids is 1. The summed E-state index contributed by atoms with van der Waals surface area (Å²) in [5, 5.41) is 0. The van der Waals surface area contributed by atoms with Gasteiger partial charge in [0, 0.05) is 6.08 Å². The van der Waals surface area contributed by atoms with Gasteiger partial charge in [-0.3, -0.25) is 4.52 Å². The third-order valence-electron chi connectivity index (χ3n) is 3.45. The van der Waals surface area contributed by atoms with E-state index in [4.69, 9.17) is 14.5 Å². The number of rotatable bonds is 13. The fourth-order valence-corrected chi connectivity index (χ4v) is 2.66. The first kappa shape index (κ1) is 21.3.